The average Bonchev–Trinajstić information content (AvgIpc) is 2.89. The van der Waals surface area contributed by atoms with Gasteiger partial charge in [0.05, 0.1) is 5.41 Å². The lowest BCUT2D eigenvalue weighted by molar-refractivity contribution is 0.732. The quantitative estimate of drug-likeness (QED) is 0.233. The molecule has 0 aliphatic heterocycles. The van der Waals surface area contributed by atoms with Crippen molar-refractivity contribution in [1.82, 2.24) is 0 Å². The zero-order valence-electron chi connectivity index (χ0n) is 21.0. The molecule has 0 aromatic heterocycles. The van der Waals surface area contributed by atoms with E-state index >= 15 is 0 Å². The summed E-state index contributed by atoms with van der Waals surface area (Å²) in [7, 11) is 0. The van der Waals surface area contributed by atoms with Gasteiger partial charge in [0.1, 0.15) is 0 Å². The van der Waals surface area contributed by atoms with Gasteiger partial charge in [-0.25, -0.2) is 0 Å². The average molecular weight is 453 g/mol. The summed E-state index contributed by atoms with van der Waals surface area (Å²) < 4.78 is 0. The van der Waals surface area contributed by atoms with Crippen LogP contribution in [0.2, 0.25) is 0 Å². The van der Waals surface area contributed by atoms with Crippen molar-refractivity contribution in [3.05, 3.63) is 166 Å². The highest BCUT2D eigenvalue weighted by Gasteiger charge is 2.40. The molecule has 0 fully saturated rings. The third-order valence-corrected chi connectivity index (χ3v) is 7.38. The first-order valence-electron chi connectivity index (χ1n) is 12.4. The van der Waals surface area contributed by atoms with Crippen molar-refractivity contribution in [3.8, 4) is 11.1 Å². The van der Waals surface area contributed by atoms with Crippen LogP contribution in [0.15, 0.2) is 121 Å². The number of benzene rings is 5. The Hall–Kier alpha value is -3.90. The first-order valence-corrected chi connectivity index (χ1v) is 12.4. The highest BCUT2D eigenvalue weighted by atomic mass is 14.4. The van der Waals surface area contributed by atoms with Crippen LogP contribution in [0.25, 0.3) is 11.1 Å². The predicted molar refractivity (Wildman–Crippen MR) is 149 cm³/mol. The topological polar surface area (TPSA) is 0 Å². The fraction of sp³-hybridized carbons (Fsp3) is 0.143. The molecule has 0 unspecified atom stereocenters. The number of hydrogen-bond acceptors (Lipinski definition) is 0. The molecule has 0 nitrogen and oxygen atoms in total. The molecule has 0 bridgehead atoms. The van der Waals surface area contributed by atoms with E-state index in [9.17, 15) is 0 Å². The maximum absolute atomic E-state index is 2.33. The number of rotatable bonds is 5. The van der Waals surface area contributed by atoms with Crippen LogP contribution in [0.3, 0.4) is 0 Å². The Morgan fingerprint density at radius 3 is 1.63 bits per heavy atom. The summed E-state index contributed by atoms with van der Waals surface area (Å²) in [5.74, 6) is 0. The van der Waals surface area contributed by atoms with Crippen molar-refractivity contribution in [3.63, 3.8) is 0 Å². The third-order valence-electron chi connectivity index (χ3n) is 7.38. The van der Waals surface area contributed by atoms with Crippen LogP contribution in [-0.4, -0.2) is 0 Å². The maximum Gasteiger partial charge on any atom is 0.0706 e. The van der Waals surface area contributed by atoms with Gasteiger partial charge in [-0.15, -0.1) is 0 Å². The molecule has 0 aliphatic rings. The van der Waals surface area contributed by atoms with Crippen molar-refractivity contribution in [2.45, 2.75) is 33.1 Å². The molecular formula is C35H32. The second-order valence-corrected chi connectivity index (χ2v) is 9.59. The zero-order chi connectivity index (χ0) is 24.4. The molecule has 5 rings (SSSR count). The second kappa shape index (κ2) is 9.39. The van der Waals surface area contributed by atoms with Gasteiger partial charge in [0, 0.05) is 0 Å². The molecule has 0 aliphatic carbocycles. The van der Waals surface area contributed by atoms with E-state index in [1.807, 2.05) is 0 Å². The van der Waals surface area contributed by atoms with E-state index in [-0.39, 0.29) is 0 Å². The van der Waals surface area contributed by atoms with Crippen LogP contribution in [0, 0.1) is 27.7 Å². The van der Waals surface area contributed by atoms with Gasteiger partial charge in [0.25, 0.3) is 0 Å². The summed E-state index contributed by atoms with van der Waals surface area (Å²) in [6.07, 6.45) is 0. The van der Waals surface area contributed by atoms with Crippen molar-refractivity contribution in [2.24, 2.45) is 0 Å². The van der Waals surface area contributed by atoms with Gasteiger partial charge in [-0.1, -0.05) is 127 Å². The minimum Gasteiger partial charge on any atom is -0.0622 e. The lowest BCUT2D eigenvalue weighted by Crippen LogP contribution is -2.32. The van der Waals surface area contributed by atoms with Gasteiger partial charge in [0.2, 0.25) is 0 Å². The summed E-state index contributed by atoms with van der Waals surface area (Å²) in [5, 5.41) is 0. The summed E-state index contributed by atoms with van der Waals surface area (Å²) in [4.78, 5) is 0. The Labute approximate surface area is 209 Å². The van der Waals surface area contributed by atoms with Gasteiger partial charge in [0.15, 0.2) is 0 Å². The van der Waals surface area contributed by atoms with Gasteiger partial charge in [-0.3, -0.25) is 0 Å². The normalized spacial score (nSPS) is 11.4. The van der Waals surface area contributed by atoms with E-state index < -0.39 is 5.41 Å². The molecule has 35 heavy (non-hydrogen) atoms. The lowest BCUT2D eigenvalue weighted by atomic mass is 9.62. The van der Waals surface area contributed by atoms with Crippen LogP contribution in [-0.2, 0) is 5.41 Å². The van der Waals surface area contributed by atoms with E-state index in [1.165, 1.54) is 55.6 Å². The van der Waals surface area contributed by atoms with Crippen molar-refractivity contribution >= 4 is 0 Å². The summed E-state index contributed by atoms with van der Waals surface area (Å²) in [5.41, 5.74) is 12.6. The Kier molecular flexibility index (Phi) is 6.14. The van der Waals surface area contributed by atoms with Crippen LogP contribution < -0.4 is 0 Å². The predicted octanol–water partition coefficient (Wildman–Crippen LogP) is 8.97. The first-order chi connectivity index (χ1) is 17.0. The van der Waals surface area contributed by atoms with Crippen molar-refractivity contribution in [1.29, 1.82) is 0 Å². The van der Waals surface area contributed by atoms with E-state index in [0.29, 0.717) is 0 Å². The minimum atomic E-state index is -0.439. The van der Waals surface area contributed by atoms with Gasteiger partial charge >= 0.3 is 0 Å². The molecular weight excluding hydrogens is 420 g/mol. The Morgan fingerprint density at radius 1 is 0.429 bits per heavy atom. The summed E-state index contributed by atoms with van der Waals surface area (Å²) in [6, 6.07) is 44.4. The molecule has 5 aromatic rings. The molecule has 0 saturated carbocycles. The number of aryl methyl sites for hydroxylation is 3. The monoisotopic (exact) mass is 452 g/mol. The smallest absolute Gasteiger partial charge is 0.0622 e. The van der Waals surface area contributed by atoms with E-state index in [2.05, 4.69) is 149 Å². The van der Waals surface area contributed by atoms with Crippen molar-refractivity contribution < 1.29 is 0 Å². The third kappa shape index (κ3) is 3.90. The first kappa shape index (κ1) is 22.9. The highest BCUT2D eigenvalue weighted by Crippen LogP contribution is 2.48. The largest absolute Gasteiger partial charge is 0.0706 e. The van der Waals surface area contributed by atoms with Gasteiger partial charge in [-0.2, -0.15) is 0 Å². The maximum atomic E-state index is 2.33. The molecule has 0 atom stereocenters. The zero-order valence-corrected chi connectivity index (χ0v) is 21.0. The molecule has 0 saturated heterocycles. The highest BCUT2D eigenvalue weighted by molar-refractivity contribution is 5.75. The van der Waals surface area contributed by atoms with Crippen molar-refractivity contribution in [2.75, 3.05) is 0 Å². The second-order valence-electron chi connectivity index (χ2n) is 9.59. The van der Waals surface area contributed by atoms with Crippen LogP contribution in [0.4, 0.5) is 0 Å². The molecule has 5 aromatic carbocycles. The Morgan fingerprint density at radius 2 is 1.00 bits per heavy atom. The van der Waals surface area contributed by atoms with Crippen LogP contribution in [0.5, 0.6) is 0 Å². The lowest BCUT2D eigenvalue weighted by Gasteiger charge is -2.39. The fourth-order valence-corrected chi connectivity index (χ4v) is 5.66. The standard InChI is InChI=1S/C35H32/c1-25-22-23-26(2)32(24-25)31-19-13-21-34(28(31)4)35(29-15-7-5-8-16-29,30-17-9-6-10-18-30)33-20-12-11-14-27(33)3/h5-24H,1-4H3. The molecule has 0 N–H and O–H groups in total. The van der Waals surface area contributed by atoms with Gasteiger partial charge < -0.3 is 0 Å². The molecule has 0 amide bonds. The molecule has 0 radical (unpaired) electrons. The van der Waals surface area contributed by atoms with E-state index in [0.717, 1.165) is 0 Å². The Balaban J connectivity index is 1.94. The summed E-state index contributed by atoms with van der Waals surface area (Å²) in [6.45, 7) is 8.92. The molecule has 172 valence electrons. The molecule has 0 spiro atoms. The van der Waals surface area contributed by atoms with Gasteiger partial charge in [-0.05, 0) is 77.8 Å². The SMILES string of the molecule is Cc1ccc(C)c(-c2cccc(C(c3ccccc3)(c3ccccc3)c3ccccc3C)c2C)c1. The molecule has 0 heterocycles. The summed E-state index contributed by atoms with van der Waals surface area (Å²) >= 11 is 0. The Bertz CT molecular complexity index is 1420. The van der Waals surface area contributed by atoms with Crippen LogP contribution in [0.1, 0.15) is 44.5 Å². The van der Waals surface area contributed by atoms with E-state index in [1.54, 1.807) is 0 Å². The fourth-order valence-electron chi connectivity index (χ4n) is 5.66. The van der Waals surface area contributed by atoms with Crippen LogP contribution >= 0.6 is 0 Å². The molecule has 0 heteroatoms. The number of hydrogen-bond donors (Lipinski definition) is 0. The minimum absolute atomic E-state index is 0.439. The van der Waals surface area contributed by atoms with E-state index in [4.69, 9.17) is 0 Å².